The van der Waals surface area contributed by atoms with Crippen LogP contribution in [0.5, 0.6) is 5.75 Å². The molecule has 0 amide bonds. The Hall–Kier alpha value is -4.02. The molecule has 1 unspecified atom stereocenters. The van der Waals surface area contributed by atoms with Crippen molar-refractivity contribution in [2.75, 3.05) is 6.61 Å². The molecule has 0 aliphatic rings. The zero-order valence-corrected chi connectivity index (χ0v) is 19.9. The molecule has 35 heavy (non-hydrogen) atoms. The van der Waals surface area contributed by atoms with E-state index in [1.54, 1.807) is 11.8 Å². The minimum Gasteiger partial charge on any atom is -0.488 e. The Kier molecular flexibility index (Phi) is 6.82. The highest BCUT2D eigenvalue weighted by Gasteiger charge is 2.18. The van der Waals surface area contributed by atoms with Gasteiger partial charge in [-0.25, -0.2) is 4.79 Å². The standard InChI is InChI=1S/C31H24O3S/c1-2-30(32)34-29(22-11-5-3-6-12-22)21-33-31-27-16-10-9-13-23(27)19-24-17-18-26(20-28(24)31)35-25-14-7-4-8-15-25/h2-20,29H,1,21H2. The molecule has 0 fully saturated rings. The summed E-state index contributed by atoms with van der Waals surface area (Å²) < 4.78 is 12.1. The summed E-state index contributed by atoms with van der Waals surface area (Å²) in [6.45, 7) is 3.72. The molecule has 5 aromatic rings. The normalized spacial score (nSPS) is 11.8. The van der Waals surface area contributed by atoms with Crippen LogP contribution in [0.15, 0.2) is 132 Å². The van der Waals surface area contributed by atoms with Crippen molar-refractivity contribution in [3.8, 4) is 5.75 Å². The van der Waals surface area contributed by atoms with E-state index in [1.807, 2.05) is 60.7 Å². The second-order valence-corrected chi connectivity index (χ2v) is 9.22. The van der Waals surface area contributed by atoms with Gasteiger partial charge in [-0.3, -0.25) is 0 Å². The summed E-state index contributed by atoms with van der Waals surface area (Å²) in [4.78, 5) is 14.4. The van der Waals surface area contributed by atoms with E-state index in [0.29, 0.717) is 0 Å². The third-order valence-electron chi connectivity index (χ3n) is 5.74. The van der Waals surface area contributed by atoms with E-state index >= 15 is 0 Å². The minimum atomic E-state index is -0.558. The van der Waals surface area contributed by atoms with Gasteiger partial charge in [0.1, 0.15) is 12.4 Å². The molecular weight excluding hydrogens is 452 g/mol. The first-order chi connectivity index (χ1) is 17.2. The Balaban J connectivity index is 1.54. The quantitative estimate of drug-likeness (QED) is 0.129. The van der Waals surface area contributed by atoms with Crippen molar-refractivity contribution in [2.24, 2.45) is 0 Å². The second-order valence-electron chi connectivity index (χ2n) is 8.08. The van der Waals surface area contributed by atoms with Crippen LogP contribution in [0.4, 0.5) is 0 Å². The predicted octanol–water partition coefficient (Wildman–Crippen LogP) is 7.99. The summed E-state index contributed by atoms with van der Waals surface area (Å²) >= 11 is 1.71. The number of carbonyl (C=O) groups excluding carboxylic acids is 1. The maximum absolute atomic E-state index is 12.1. The molecule has 3 nitrogen and oxygen atoms in total. The molecule has 0 saturated heterocycles. The smallest absolute Gasteiger partial charge is 0.330 e. The Morgan fingerprint density at radius 1 is 0.771 bits per heavy atom. The molecule has 0 aliphatic carbocycles. The summed E-state index contributed by atoms with van der Waals surface area (Å²) in [6, 6.07) is 36.7. The molecule has 0 aromatic heterocycles. The average Bonchev–Trinajstić information content (AvgIpc) is 2.91. The Bertz CT molecular complexity index is 1480. The van der Waals surface area contributed by atoms with Gasteiger partial charge in [0.05, 0.1) is 0 Å². The van der Waals surface area contributed by atoms with E-state index in [4.69, 9.17) is 9.47 Å². The first-order valence-electron chi connectivity index (χ1n) is 11.4. The summed E-state index contributed by atoms with van der Waals surface area (Å²) in [5.41, 5.74) is 0.868. The zero-order chi connectivity index (χ0) is 24.0. The van der Waals surface area contributed by atoms with Gasteiger partial charge in [0.25, 0.3) is 0 Å². The summed E-state index contributed by atoms with van der Waals surface area (Å²) in [5, 5.41) is 4.23. The molecular formula is C31H24O3S. The van der Waals surface area contributed by atoms with Gasteiger partial charge in [-0.15, -0.1) is 0 Å². The highest BCUT2D eigenvalue weighted by molar-refractivity contribution is 7.99. The molecule has 0 radical (unpaired) electrons. The fraction of sp³-hybridized carbons (Fsp3) is 0.0645. The van der Waals surface area contributed by atoms with Crippen LogP contribution in [-0.2, 0) is 9.53 Å². The van der Waals surface area contributed by atoms with Crippen LogP contribution in [0.3, 0.4) is 0 Å². The number of fused-ring (bicyclic) bond motifs is 2. The molecule has 5 rings (SSSR count). The van der Waals surface area contributed by atoms with Crippen molar-refractivity contribution in [1.82, 2.24) is 0 Å². The molecule has 0 aliphatic heterocycles. The topological polar surface area (TPSA) is 35.5 Å². The van der Waals surface area contributed by atoms with Crippen LogP contribution >= 0.6 is 11.8 Å². The molecule has 4 heteroatoms. The fourth-order valence-electron chi connectivity index (χ4n) is 4.06. The van der Waals surface area contributed by atoms with E-state index in [1.165, 1.54) is 11.0 Å². The molecule has 0 heterocycles. The molecule has 5 aromatic carbocycles. The second kappa shape index (κ2) is 10.5. The number of ether oxygens (including phenoxy) is 2. The first kappa shape index (κ1) is 22.8. The lowest BCUT2D eigenvalue weighted by molar-refractivity contribution is -0.144. The Morgan fingerprint density at radius 2 is 1.46 bits per heavy atom. The third kappa shape index (κ3) is 5.23. The fourth-order valence-corrected chi connectivity index (χ4v) is 4.94. The summed E-state index contributed by atoms with van der Waals surface area (Å²) in [6.07, 6.45) is 0.619. The molecule has 1 atom stereocenters. The maximum Gasteiger partial charge on any atom is 0.330 e. The van der Waals surface area contributed by atoms with E-state index in [-0.39, 0.29) is 6.61 Å². The van der Waals surface area contributed by atoms with Crippen LogP contribution < -0.4 is 4.74 Å². The molecule has 0 spiro atoms. The Morgan fingerprint density at radius 3 is 2.23 bits per heavy atom. The number of benzene rings is 5. The van der Waals surface area contributed by atoms with Crippen molar-refractivity contribution in [3.05, 3.63) is 127 Å². The maximum atomic E-state index is 12.1. The van der Waals surface area contributed by atoms with Crippen LogP contribution in [0, 0.1) is 0 Å². The van der Waals surface area contributed by atoms with Gasteiger partial charge in [-0.05, 0) is 46.7 Å². The van der Waals surface area contributed by atoms with Crippen LogP contribution in [0.2, 0.25) is 0 Å². The lowest BCUT2D eigenvalue weighted by Crippen LogP contribution is -2.17. The van der Waals surface area contributed by atoms with Crippen molar-refractivity contribution in [3.63, 3.8) is 0 Å². The minimum absolute atomic E-state index is 0.183. The van der Waals surface area contributed by atoms with Crippen molar-refractivity contribution >= 4 is 39.3 Å². The van der Waals surface area contributed by atoms with E-state index in [9.17, 15) is 4.79 Å². The largest absolute Gasteiger partial charge is 0.488 e. The number of rotatable bonds is 8. The summed E-state index contributed by atoms with van der Waals surface area (Å²) in [5.74, 6) is 0.302. The number of esters is 1. The van der Waals surface area contributed by atoms with Gasteiger partial charge in [0.15, 0.2) is 6.10 Å². The first-order valence-corrected chi connectivity index (χ1v) is 12.2. The SMILES string of the molecule is C=CC(=O)OC(COc1c2ccccc2cc2ccc(Sc3ccccc3)cc12)c1ccccc1. The van der Waals surface area contributed by atoms with Crippen LogP contribution in [-0.4, -0.2) is 12.6 Å². The van der Waals surface area contributed by atoms with E-state index in [2.05, 4.69) is 55.1 Å². The van der Waals surface area contributed by atoms with Gasteiger partial charge in [-0.1, -0.05) is 97.2 Å². The van der Waals surface area contributed by atoms with Gasteiger partial charge in [0, 0.05) is 26.6 Å². The monoisotopic (exact) mass is 476 g/mol. The zero-order valence-electron chi connectivity index (χ0n) is 19.1. The van der Waals surface area contributed by atoms with E-state index in [0.717, 1.165) is 37.8 Å². The van der Waals surface area contributed by atoms with E-state index < -0.39 is 12.1 Å². The van der Waals surface area contributed by atoms with Crippen molar-refractivity contribution < 1.29 is 14.3 Å². The van der Waals surface area contributed by atoms with Crippen molar-refractivity contribution in [2.45, 2.75) is 15.9 Å². The highest BCUT2D eigenvalue weighted by atomic mass is 32.2. The molecule has 0 N–H and O–H groups in total. The van der Waals surface area contributed by atoms with Crippen LogP contribution in [0.1, 0.15) is 11.7 Å². The van der Waals surface area contributed by atoms with Crippen molar-refractivity contribution in [1.29, 1.82) is 0 Å². The van der Waals surface area contributed by atoms with Crippen LogP contribution in [0.25, 0.3) is 21.5 Å². The van der Waals surface area contributed by atoms with Gasteiger partial charge < -0.3 is 9.47 Å². The number of hydrogen-bond donors (Lipinski definition) is 0. The van der Waals surface area contributed by atoms with Gasteiger partial charge in [0.2, 0.25) is 0 Å². The van der Waals surface area contributed by atoms with Gasteiger partial charge in [-0.2, -0.15) is 0 Å². The van der Waals surface area contributed by atoms with Gasteiger partial charge >= 0.3 is 5.97 Å². The molecule has 172 valence electrons. The Labute approximate surface area is 209 Å². The lowest BCUT2D eigenvalue weighted by atomic mass is 10.0. The average molecular weight is 477 g/mol. The lowest BCUT2D eigenvalue weighted by Gasteiger charge is -2.20. The number of hydrogen-bond acceptors (Lipinski definition) is 4. The highest BCUT2D eigenvalue weighted by Crippen LogP contribution is 2.39. The molecule has 0 bridgehead atoms. The third-order valence-corrected chi connectivity index (χ3v) is 6.74. The summed E-state index contributed by atoms with van der Waals surface area (Å²) in [7, 11) is 0. The molecule has 0 saturated carbocycles. The number of carbonyl (C=O) groups is 1. The predicted molar refractivity (Wildman–Crippen MR) is 143 cm³/mol.